The molecule has 0 bridgehead atoms. The lowest BCUT2D eigenvalue weighted by molar-refractivity contribution is -0.141. The summed E-state index contributed by atoms with van der Waals surface area (Å²) in [5.41, 5.74) is 0. The summed E-state index contributed by atoms with van der Waals surface area (Å²) in [6, 6.07) is 0. The third kappa shape index (κ3) is 13.4. The molecule has 0 amide bonds. The molecular weight excluding hydrogens is 204 g/mol. The molecule has 96 valence electrons. The van der Waals surface area contributed by atoms with Crippen molar-refractivity contribution in [2.45, 2.75) is 64.7 Å². The van der Waals surface area contributed by atoms with E-state index in [0.29, 0.717) is 13.2 Å². The number of esters is 1. The monoisotopic (exact) mass is 230 g/mol. The SMILES string of the molecule is CC(=O)OCCCCCCCCCCCO. The van der Waals surface area contributed by atoms with E-state index in [1.54, 1.807) is 0 Å². The normalized spacial score (nSPS) is 10.4. The topological polar surface area (TPSA) is 46.5 Å². The lowest BCUT2D eigenvalue weighted by Gasteiger charge is -2.02. The van der Waals surface area contributed by atoms with Crippen LogP contribution in [0.2, 0.25) is 0 Å². The van der Waals surface area contributed by atoms with Crippen molar-refractivity contribution in [1.29, 1.82) is 0 Å². The Hall–Kier alpha value is -0.570. The first-order chi connectivity index (χ1) is 7.77. The average molecular weight is 230 g/mol. The van der Waals surface area contributed by atoms with Crippen LogP contribution >= 0.6 is 0 Å². The van der Waals surface area contributed by atoms with Crippen LogP contribution in [0.3, 0.4) is 0 Å². The van der Waals surface area contributed by atoms with Gasteiger partial charge in [-0.25, -0.2) is 0 Å². The van der Waals surface area contributed by atoms with E-state index >= 15 is 0 Å². The minimum absolute atomic E-state index is 0.177. The number of ether oxygens (including phenoxy) is 1. The summed E-state index contributed by atoms with van der Waals surface area (Å²) in [4.78, 5) is 10.5. The van der Waals surface area contributed by atoms with Gasteiger partial charge in [0.15, 0.2) is 0 Å². The van der Waals surface area contributed by atoms with Crippen LogP contribution in [0.1, 0.15) is 64.7 Å². The number of aliphatic hydroxyl groups excluding tert-OH is 1. The summed E-state index contributed by atoms with van der Waals surface area (Å²) < 4.78 is 4.85. The van der Waals surface area contributed by atoms with Crippen LogP contribution in [0, 0.1) is 0 Å². The highest BCUT2D eigenvalue weighted by molar-refractivity contribution is 5.65. The second-order valence-electron chi connectivity index (χ2n) is 4.25. The van der Waals surface area contributed by atoms with E-state index in [4.69, 9.17) is 9.84 Å². The van der Waals surface area contributed by atoms with Crippen LogP contribution in [0.15, 0.2) is 0 Å². The quantitative estimate of drug-likeness (QED) is 0.438. The highest BCUT2D eigenvalue weighted by Gasteiger charge is 1.94. The molecule has 0 spiro atoms. The maximum absolute atomic E-state index is 10.5. The first-order valence-corrected chi connectivity index (χ1v) is 6.51. The third-order valence-corrected chi connectivity index (χ3v) is 2.61. The second kappa shape index (κ2) is 12.5. The van der Waals surface area contributed by atoms with Crippen molar-refractivity contribution in [1.82, 2.24) is 0 Å². The molecule has 0 aromatic rings. The number of hydrogen-bond donors (Lipinski definition) is 1. The second-order valence-corrected chi connectivity index (χ2v) is 4.25. The Balaban J connectivity index is 2.90. The Kier molecular flexibility index (Phi) is 12.1. The van der Waals surface area contributed by atoms with Crippen LogP contribution in [0.4, 0.5) is 0 Å². The molecule has 0 aliphatic carbocycles. The smallest absolute Gasteiger partial charge is 0.302 e. The van der Waals surface area contributed by atoms with Gasteiger partial charge in [-0.1, -0.05) is 44.9 Å². The molecule has 0 fully saturated rings. The van der Waals surface area contributed by atoms with Gasteiger partial charge in [0, 0.05) is 13.5 Å². The van der Waals surface area contributed by atoms with Gasteiger partial charge in [0.1, 0.15) is 0 Å². The number of rotatable bonds is 11. The van der Waals surface area contributed by atoms with E-state index < -0.39 is 0 Å². The number of carbonyl (C=O) groups excluding carboxylic acids is 1. The predicted molar refractivity (Wildman–Crippen MR) is 65.3 cm³/mol. The Morgan fingerprint density at radius 3 is 1.75 bits per heavy atom. The first kappa shape index (κ1) is 15.4. The number of unbranched alkanes of at least 4 members (excludes halogenated alkanes) is 8. The molecule has 0 aliphatic heterocycles. The van der Waals surface area contributed by atoms with Crippen molar-refractivity contribution < 1.29 is 14.6 Å². The first-order valence-electron chi connectivity index (χ1n) is 6.51. The van der Waals surface area contributed by atoms with E-state index in [9.17, 15) is 4.79 Å². The highest BCUT2D eigenvalue weighted by Crippen LogP contribution is 2.09. The Bertz CT molecular complexity index is 157. The third-order valence-electron chi connectivity index (χ3n) is 2.61. The van der Waals surface area contributed by atoms with Gasteiger partial charge in [0.25, 0.3) is 0 Å². The standard InChI is InChI=1S/C13H26O3/c1-13(15)16-12-10-8-6-4-2-3-5-7-9-11-14/h14H,2-12H2,1H3. The van der Waals surface area contributed by atoms with Crippen molar-refractivity contribution in [2.75, 3.05) is 13.2 Å². The maximum Gasteiger partial charge on any atom is 0.302 e. The molecule has 3 nitrogen and oxygen atoms in total. The van der Waals surface area contributed by atoms with Crippen molar-refractivity contribution in [3.05, 3.63) is 0 Å². The zero-order valence-electron chi connectivity index (χ0n) is 10.5. The van der Waals surface area contributed by atoms with Crippen LogP contribution in [0.25, 0.3) is 0 Å². The zero-order valence-corrected chi connectivity index (χ0v) is 10.5. The van der Waals surface area contributed by atoms with E-state index in [1.807, 2.05) is 0 Å². The number of hydrogen-bond acceptors (Lipinski definition) is 3. The number of aliphatic hydroxyl groups is 1. The maximum atomic E-state index is 10.5. The fraction of sp³-hybridized carbons (Fsp3) is 0.923. The summed E-state index contributed by atoms with van der Waals surface area (Å²) in [6.45, 7) is 2.36. The van der Waals surface area contributed by atoms with Crippen molar-refractivity contribution in [2.24, 2.45) is 0 Å². The Morgan fingerprint density at radius 1 is 0.875 bits per heavy atom. The number of carbonyl (C=O) groups is 1. The van der Waals surface area contributed by atoms with E-state index in [1.165, 1.54) is 39.0 Å². The molecule has 0 aromatic heterocycles. The molecule has 0 unspecified atom stereocenters. The highest BCUT2D eigenvalue weighted by atomic mass is 16.5. The minimum atomic E-state index is -0.177. The molecular formula is C13H26O3. The zero-order chi connectivity index (χ0) is 12.1. The van der Waals surface area contributed by atoms with Crippen LogP contribution in [0.5, 0.6) is 0 Å². The molecule has 0 heterocycles. The predicted octanol–water partition coefficient (Wildman–Crippen LogP) is 3.05. The molecule has 0 saturated heterocycles. The van der Waals surface area contributed by atoms with Crippen molar-refractivity contribution >= 4 is 5.97 Å². The average Bonchev–Trinajstić information content (AvgIpc) is 2.25. The van der Waals surface area contributed by atoms with E-state index in [-0.39, 0.29) is 5.97 Å². The van der Waals surface area contributed by atoms with Crippen molar-refractivity contribution in [3.8, 4) is 0 Å². The van der Waals surface area contributed by atoms with Gasteiger partial charge in [-0.15, -0.1) is 0 Å². The summed E-state index contributed by atoms with van der Waals surface area (Å²) in [5.74, 6) is -0.177. The molecule has 0 radical (unpaired) electrons. The van der Waals surface area contributed by atoms with Crippen LogP contribution in [-0.2, 0) is 9.53 Å². The summed E-state index contributed by atoms with van der Waals surface area (Å²) in [5, 5.41) is 8.59. The Labute approximate surface area is 99.2 Å². The fourth-order valence-electron chi connectivity index (χ4n) is 1.67. The van der Waals surface area contributed by atoms with Gasteiger partial charge in [-0.2, -0.15) is 0 Å². The molecule has 3 heteroatoms. The molecule has 16 heavy (non-hydrogen) atoms. The van der Waals surface area contributed by atoms with Gasteiger partial charge in [-0.05, 0) is 12.8 Å². The van der Waals surface area contributed by atoms with Gasteiger partial charge in [0.05, 0.1) is 6.61 Å². The summed E-state index contributed by atoms with van der Waals surface area (Å²) >= 11 is 0. The van der Waals surface area contributed by atoms with E-state index in [2.05, 4.69) is 0 Å². The Morgan fingerprint density at radius 2 is 1.31 bits per heavy atom. The van der Waals surface area contributed by atoms with Gasteiger partial charge in [-0.3, -0.25) is 4.79 Å². The molecule has 0 rings (SSSR count). The lowest BCUT2D eigenvalue weighted by Crippen LogP contribution is -2.00. The van der Waals surface area contributed by atoms with Gasteiger partial charge < -0.3 is 9.84 Å². The fourth-order valence-corrected chi connectivity index (χ4v) is 1.67. The van der Waals surface area contributed by atoms with E-state index in [0.717, 1.165) is 25.7 Å². The summed E-state index contributed by atoms with van der Waals surface area (Å²) in [7, 11) is 0. The summed E-state index contributed by atoms with van der Waals surface area (Å²) in [6.07, 6.45) is 10.6. The minimum Gasteiger partial charge on any atom is -0.466 e. The van der Waals surface area contributed by atoms with Crippen LogP contribution in [-0.4, -0.2) is 24.3 Å². The molecule has 1 N–H and O–H groups in total. The van der Waals surface area contributed by atoms with Gasteiger partial charge >= 0.3 is 5.97 Å². The molecule has 0 saturated carbocycles. The largest absolute Gasteiger partial charge is 0.466 e. The molecule has 0 aliphatic rings. The molecule has 0 aromatic carbocycles. The van der Waals surface area contributed by atoms with Crippen LogP contribution < -0.4 is 0 Å². The molecule has 0 atom stereocenters. The van der Waals surface area contributed by atoms with Crippen molar-refractivity contribution in [3.63, 3.8) is 0 Å². The lowest BCUT2D eigenvalue weighted by atomic mass is 10.1. The van der Waals surface area contributed by atoms with Gasteiger partial charge in [0.2, 0.25) is 0 Å².